The van der Waals surface area contributed by atoms with Gasteiger partial charge in [-0.3, -0.25) is 10.1 Å². The van der Waals surface area contributed by atoms with E-state index in [9.17, 15) is 4.79 Å². The van der Waals surface area contributed by atoms with Crippen molar-refractivity contribution in [3.63, 3.8) is 0 Å². The maximum atomic E-state index is 12.3. The van der Waals surface area contributed by atoms with Crippen LogP contribution in [0.25, 0.3) is 10.7 Å². The van der Waals surface area contributed by atoms with Gasteiger partial charge in [-0.05, 0) is 30.0 Å². The molecule has 0 saturated carbocycles. The Morgan fingerprint density at radius 1 is 1.33 bits per heavy atom. The molecule has 0 radical (unpaired) electrons. The molecule has 27 heavy (non-hydrogen) atoms. The van der Waals surface area contributed by atoms with Crippen LogP contribution in [0, 0.1) is 6.92 Å². The van der Waals surface area contributed by atoms with E-state index < -0.39 is 0 Å². The summed E-state index contributed by atoms with van der Waals surface area (Å²) in [6.07, 6.45) is 3.62. The van der Waals surface area contributed by atoms with Crippen LogP contribution < -0.4 is 10.1 Å². The Morgan fingerprint density at radius 3 is 2.78 bits per heavy atom. The summed E-state index contributed by atoms with van der Waals surface area (Å²) in [7, 11) is 1.93. The number of nitrogens with zero attached hydrogens (tertiary/aromatic N) is 3. The molecule has 6 nitrogen and oxygen atoms in total. The van der Waals surface area contributed by atoms with Crippen LogP contribution in [0.2, 0.25) is 0 Å². The molecule has 1 N–H and O–H groups in total. The third kappa shape index (κ3) is 4.54. The fraction of sp³-hybridized carbons (Fsp3) is 0.350. The quantitative estimate of drug-likeness (QED) is 0.717. The molecule has 0 aliphatic carbocycles. The summed E-state index contributed by atoms with van der Waals surface area (Å²) < 4.78 is 7.58. The predicted molar refractivity (Wildman–Crippen MR) is 108 cm³/mol. The van der Waals surface area contributed by atoms with E-state index in [4.69, 9.17) is 4.74 Å². The van der Waals surface area contributed by atoms with E-state index >= 15 is 0 Å². The second-order valence-corrected chi connectivity index (χ2v) is 8.41. The molecule has 1 amide bonds. The number of carbonyl (C=O) groups excluding carboxylic acids is 1. The summed E-state index contributed by atoms with van der Waals surface area (Å²) in [5.41, 5.74) is 2.03. The summed E-state index contributed by atoms with van der Waals surface area (Å²) in [5, 5.41) is 3.35. The fourth-order valence-electron chi connectivity index (χ4n) is 2.60. The minimum absolute atomic E-state index is 0.0292. The lowest BCUT2D eigenvalue weighted by Gasteiger charge is -2.19. The molecule has 2 aromatic heterocycles. The number of aromatic nitrogens is 3. The lowest BCUT2D eigenvalue weighted by molar-refractivity contribution is -0.118. The van der Waals surface area contributed by atoms with Crippen LogP contribution in [0.15, 0.2) is 36.7 Å². The molecule has 0 unspecified atom stereocenters. The molecule has 3 aromatic rings. The number of imidazole rings is 1. The summed E-state index contributed by atoms with van der Waals surface area (Å²) in [6.45, 7) is 8.27. The zero-order valence-electron chi connectivity index (χ0n) is 16.2. The van der Waals surface area contributed by atoms with Gasteiger partial charge in [-0.2, -0.15) is 0 Å². The van der Waals surface area contributed by atoms with Gasteiger partial charge >= 0.3 is 0 Å². The SMILES string of the molecule is Cc1nc(NC(=O)COc2cccc(C(C)(C)C)c2)sc1-c1nccn1C. The number of thiazole rings is 1. The zero-order chi connectivity index (χ0) is 19.6. The summed E-state index contributed by atoms with van der Waals surface area (Å²) >= 11 is 1.41. The lowest BCUT2D eigenvalue weighted by atomic mass is 9.87. The Kier molecular flexibility index (Phi) is 5.32. The Bertz CT molecular complexity index is 953. The van der Waals surface area contributed by atoms with Gasteiger partial charge < -0.3 is 9.30 Å². The smallest absolute Gasteiger partial charge is 0.264 e. The third-order valence-electron chi connectivity index (χ3n) is 4.14. The number of rotatable bonds is 5. The number of benzene rings is 1. The van der Waals surface area contributed by atoms with Crippen molar-refractivity contribution in [3.05, 3.63) is 47.9 Å². The first-order valence-electron chi connectivity index (χ1n) is 8.72. The van der Waals surface area contributed by atoms with Crippen LogP contribution in [0.4, 0.5) is 5.13 Å². The highest BCUT2D eigenvalue weighted by atomic mass is 32.1. The normalized spacial score (nSPS) is 11.4. The number of nitrogens with one attached hydrogen (secondary N) is 1. The molecule has 0 bridgehead atoms. The topological polar surface area (TPSA) is 69.0 Å². The average Bonchev–Trinajstić information content (AvgIpc) is 3.17. The van der Waals surface area contributed by atoms with Crippen LogP contribution >= 0.6 is 11.3 Å². The Hall–Kier alpha value is -2.67. The lowest BCUT2D eigenvalue weighted by Crippen LogP contribution is -2.20. The Balaban J connectivity index is 1.63. The maximum Gasteiger partial charge on any atom is 0.264 e. The highest BCUT2D eigenvalue weighted by molar-refractivity contribution is 7.19. The molecular weight excluding hydrogens is 360 g/mol. The van der Waals surface area contributed by atoms with Gasteiger partial charge in [-0.15, -0.1) is 0 Å². The van der Waals surface area contributed by atoms with Crippen LogP contribution in [0.3, 0.4) is 0 Å². The van der Waals surface area contributed by atoms with E-state index in [2.05, 4.69) is 42.1 Å². The van der Waals surface area contributed by atoms with Gasteiger partial charge in [-0.1, -0.05) is 44.2 Å². The number of hydrogen-bond acceptors (Lipinski definition) is 5. The van der Waals surface area contributed by atoms with Crippen molar-refractivity contribution in [2.24, 2.45) is 7.05 Å². The average molecular weight is 385 g/mol. The van der Waals surface area contributed by atoms with Crippen LogP contribution in [0.5, 0.6) is 5.75 Å². The molecule has 0 fully saturated rings. The molecule has 3 rings (SSSR count). The molecule has 2 heterocycles. The van der Waals surface area contributed by atoms with Crippen molar-refractivity contribution in [2.45, 2.75) is 33.1 Å². The van der Waals surface area contributed by atoms with Crippen molar-refractivity contribution in [3.8, 4) is 16.5 Å². The minimum Gasteiger partial charge on any atom is -0.484 e. The predicted octanol–water partition coefficient (Wildman–Crippen LogP) is 4.17. The summed E-state index contributed by atoms with van der Waals surface area (Å²) in [5.74, 6) is 1.28. The van der Waals surface area contributed by atoms with Crippen molar-refractivity contribution >= 4 is 22.4 Å². The van der Waals surface area contributed by atoms with Crippen molar-refractivity contribution < 1.29 is 9.53 Å². The van der Waals surface area contributed by atoms with Gasteiger partial charge in [0.05, 0.1) is 10.6 Å². The molecule has 0 aliphatic heterocycles. The summed E-state index contributed by atoms with van der Waals surface area (Å²) in [4.78, 5) is 22.0. The van der Waals surface area contributed by atoms with Crippen molar-refractivity contribution in [2.75, 3.05) is 11.9 Å². The molecule has 0 saturated heterocycles. The first kappa shape index (κ1) is 19.1. The molecule has 1 aromatic carbocycles. The number of carbonyl (C=O) groups is 1. The van der Waals surface area contributed by atoms with Gasteiger partial charge in [0.25, 0.3) is 5.91 Å². The molecule has 0 aliphatic rings. The fourth-order valence-corrected chi connectivity index (χ4v) is 3.62. The van der Waals surface area contributed by atoms with E-state index in [1.54, 1.807) is 6.20 Å². The van der Waals surface area contributed by atoms with Crippen molar-refractivity contribution in [1.82, 2.24) is 14.5 Å². The van der Waals surface area contributed by atoms with Crippen LogP contribution in [-0.4, -0.2) is 27.0 Å². The van der Waals surface area contributed by atoms with Gasteiger partial charge in [0.1, 0.15) is 5.75 Å². The number of aryl methyl sites for hydroxylation is 2. The molecule has 0 atom stereocenters. The van der Waals surface area contributed by atoms with Gasteiger partial charge in [-0.25, -0.2) is 9.97 Å². The van der Waals surface area contributed by atoms with E-state index in [1.807, 2.05) is 42.9 Å². The molecule has 0 spiro atoms. The standard InChI is InChI=1S/C20H24N4O2S/c1-13-17(18-21-9-10-24(18)5)27-19(22-13)23-16(25)12-26-15-8-6-7-14(11-15)20(2,3)4/h6-11H,12H2,1-5H3,(H,22,23,25). The van der Waals surface area contributed by atoms with E-state index in [1.165, 1.54) is 11.3 Å². The highest BCUT2D eigenvalue weighted by Gasteiger charge is 2.16. The largest absolute Gasteiger partial charge is 0.484 e. The second kappa shape index (κ2) is 7.52. The van der Waals surface area contributed by atoms with Crippen molar-refractivity contribution in [1.29, 1.82) is 0 Å². The number of ether oxygens (including phenoxy) is 1. The molecule has 142 valence electrons. The zero-order valence-corrected chi connectivity index (χ0v) is 17.1. The highest BCUT2D eigenvalue weighted by Crippen LogP contribution is 2.31. The number of amides is 1. The number of anilines is 1. The minimum atomic E-state index is -0.240. The van der Waals surface area contributed by atoms with E-state index in [0.29, 0.717) is 10.9 Å². The third-order valence-corrected chi connectivity index (χ3v) is 5.21. The first-order chi connectivity index (χ1) is 12.7. The Labute approximate surface area is 163 Å². The van der Waals surface area contributed by atoms with Crippen LogP contribution in [0.1, 0.15) is 32.0 Å². The Morgan fingerprint density at radius 2 is 2.11 bits per heavy atom. The number of hydrogen-bond donors (Lipinski definition) is 1. The second-order valence-electron chi connectivity index (χ2n) is 7.41. The van der Waals surface area contributed by atoms with Gasteiger partial charge in [0.15, 0.2) is 17.6 Å². The molecule has 7 heteroatoms. The first-order valence-corrected chi connectivity index (χ1v) is 9.54. The summed E-state index contributed by atoms with van der Waals surface area (Å²) in [6, 6.07) is 7.83. The van der Waals surface area contributed by atoms with Gasteiger partial charge in [0.2, 0.25) is 0 Å². The van der Waals surface area contributed by atoms with Gasteiger partial charge in [0, 0.05) is 19.4 Å². The monoisotopic (exact) mass is 384 g/mol. The van der Waals surface area contributed by atoms with E-state index in [0.717, 1.165) is 22.0 Å². The molecular formula is C20H24N4O2S. The van der Waals surface area contributed by atoms with E-state index in [-0.39, 0.29) is 17.9 Å². The maximum absolute atomic E-state index is 12.3. The van der Waals surface area contributed by atoms with Crippen LogP contribution in [-0.2, 0) is 17.3 Å².